The van der Waals surface area contributed by atoms with Gasteiger partial charge in [-0.25, -0.2) is 9.07 Å². The Balaban J connectivity index is 1.62. The van der Waals surface area contributed by atoms with E-state index in [1.807, 2.05) is 0 Å². The van der Waals surface area contributed by atoms with Crippen LogP contribution in [0.4, 0.5) is 4.39 Å². The Bertz CT molecular complexity index is 599. The summed E-state index contributed by atoms with van der Waals surface area (Å²) >= 11 is 0. The average molecular weight is 337 g/mol. The van der Waals surface area contributed by atoms with Gasteiger partial charge in [0.15, 0.2) is 5.69 Å². The number of nitrogens with two attached hydrogens (primary N) is 1. The summed E-state index contributed by atoms with van der Waals surface area (Å²) in [4.78, 5) is 25.3. The predicted molar refractivity (Wildman–Crippen MR) is 84.7 cm³/mol. The molecule has 0 unspecified atom stereocenters. The molecule has 2 fully saturated rings. The number of nitrogens with zero attached hydrogens (tertiary/aromatic N) is 4. The zero-order valence-electron chi connectivity index (χ0n) is 13.7. The number of alkyl halides is 1. The van der Waals surface area contributed by atoms with E-state index in [0.29, 0.717) is 25.3 Å². The molecule has 2 atom stereocenters. The molecule has 0 aromatic carbocycles. The summed E-state index contributed by atoms with van der Waals surface area (Å²) in [6.45, 7) is 0.477. The first kappa shape index (κ1) is 16.9. The second kappa shape index (κ2) is 7.27. The molecule has 1 aliphatic carbocycles. The smallest absolute Gasteiger partial charge is 0.270 e. The van der Waals surface area contributed by atoms with Gasteiger partial charge < -0.3 is 10.6 Å². The standard InChI is InChI=1S/C16H24FN5O2/c17-12-7-13(9-21-10-14(16(18)24)19-20-21)22(8-12)15(23)6-11-4-2-1-3-5-11/h10-13H,1-9H2,(H2,18,24)/t12-,13-/m0/s1. The molecule has 2 heterocycles. The third kappa shape index (κ3) is 3.91. The fourth-order valence-corrected chi connectivity index (χ4v) is 3.81. The van der Waals surface area contributed by atoms with Crippen LogP contribution in [0.1, 0.15) is 55.4 Å². The monoisotopic (exact) mass is 337 g/mol. The van der Waals surface area contributed by atoms with E-state index in [0.717, 1.165) is 12.8 Å². The van der Waals surface area contributed by atoms with E-state index in [1.54, 1.807) is 4.90 Å². The summed E-state index contributed by atoms with van der Waals surface area (Å²) in [6, 6.07) is -0.251. The van der Waals surface area contributed by atoms with Crippen LogP contribution in [0.3, 0.4) is 0 Å². The van der Waals surface area contributed by atoms with Crippen LogP contribution >= 0.6 is 0 Å². The first-order valence-corrected chi connectivity index (χ1v) is 8.66. The third-order valence-corrected chi connectivity index (χ3v) is 5.06. The van der Waals surface area contributed by atoms with E-state index in [4.69, 9.17) is 5.73 Å². The first-order chi connectivity index (χ1) is 11.5. The number of carbonyl (C=O) groups is 2. The molecule has 0 radical (unpaired) electrons. The van der Waals surface area contributed by atoms with Crippen molar-refractivity contribution >= 4 is 11.8 Å². The summed E-state index contributed by atoms with van der Waals surface area (Å²) in [7, 11) is 0. The highest BCUT2D eigenvalue weighted by molar-refractivity contribution is 5.90. The van der Waals surface area contributed by atoms with Crippen molar-refractivity contribution in [1.29, 1.82) is 0 Å². The number of likely N-dealkylation sites (tertiary alicyclic amines) is 1. The number of halogens is 1. The molecule has 0 spiro atoms. The van der Waals surface area contributed by atoms with Gasteiger partial charge >= 0.3 is 0 Å². The van der Waals surface area contributed by atoms with Crippen molar-refractivity contribution in [2.75, 3.05) is 6.54 Å². The molecule has 132 valence electrons. The summed E-state index contributed by atoms with van der Waals surface area (Å²) in [6.07, 6.45) is 7.03. The minimum Gasteiger partial charge on any atom is -0.364 e. The van der Waals surface area contributed by atoms with Gasteiger partial charge in [-0.2, -0.15) is 0 Å². The van der Waals surface area contributed by atoms with Gasteiger partial charge in [0, 0.05) is 12.8 Å². The highest BCUT2D eigenvalue weighted by Gasteiger charge is 2.36. The first-order valence-electron chi connectivity index (χ1n) is 8.66. The van der Waals surface area contributed by atoms with Gasteiger partial charge in [0.05, 0.1) is 25.3 Å². The van der Waals surface area contributed by atoms with E-state index in [-0.39, 0.29) is 24.2 Å². The van der Waals surface area contributed by atoms with Gasteiger partial charge in [-0.1, -0.05) is 24.5 Å². The number of primary amides is 1. The highest BCUT2D eigenvalue weighted by Crippen LogP contribution is 2.29. The summed E-state index contributed by atoms with van der Waals surface area (Å²) in [5.41, 5.74) is 5.23. The number of hydrogen-bond acceptors (Lipinski definition) is 4. The average Bonchev–Trinajstić information content (AvgIpc) is 3.15. The summed E-state index contributed by atoms with van der Waals surface area (Å²) in [5, 5.41) is 7.52. The Morgan fingerprint density at radius 3 is 2.71 bits per heavy atom. The van der Waals surface area contributed by atoms with Gasteiger partial charge in [0.1, 0.15) is 6.17 Å². The van der Waals surface area contributed by atoms with E-state index in [2.05, 4.69) is 10.3 Å². The lowest BCUT2D eigenvalue weighted by Crippen LogP contribution is -2.39. The van der Waals surface area contributed by atoms with Crippen molar-refractivity contribution in [3.8, 4) is 0 Å². The molecule has 7 nitrogen and oxygen atoms in total. The fourth-order valence-electron chi connectivity index (χ4n) is 3.81. The summed E-state index contributed by atoms with van der Waals surface area (Å²) in [5.74, 6) is -0.193. The van der Waals surface area contributed by atoms with Gasteiger partial charge in [0.25, 0.3) is 5.91 Å². The Morgan fingerprint density at radius 1 is 1.29 bits per heavy atom. The van der Waals surface area contributed by atoms with Crippen LogP contribution in [-0.4, -0.2) is 50.5 Å². The van der Waals surface area contributed by atoms with E-state index in [1.165, 1.54) is 30.1 Å². The number of hydrogen-bond donors (Lipinski definition) is 1. The SMILES string of the molecule is NC(=O)c1cn(C[C@@H]2C[C@H](F)CN2C(=O)CC2CCCCC2)nn1. The minimum absolute atomic E-state index is 0.0299. The second-order valence-corrected chi connectivity index (χ2v) is 6.93. The molecule has 1 aromatic heterocycles. The van der Waals surface area contributed by atoms with Crippen LogP contribution in [0.25, 0.3) is 0 Å². The van der Waals surface area contributed by atoms with E-state index < -0.39 is 12.1 Å². The molecule has 1 aliphatic heterocycles. The molecule has 8 heteroatoms. The lowest BCUT2D eigenvalue weighted by atomic mass is 9.86. The predicted octanol–water partition coefficient (Wildman–Crippen LogP) is 1.29. The minimum atomic E-state index is -1.01. The zero-order valence-corrected chi connectivity index (χ0v) is 13.7. The van der Waals surface area contributed by atoms with Crippen LogP contribution in [0.5, 0.6) is 0 Å². The zero-order chi connectivity index (χ0) is 17.1. The second-order valence-electron chi connectivity index (χ2n) is 6.93. The number of carbonyl (C=O) groups excluding carboxylic acids is 2. The van der Waals surface area contributed by atoms with E-state index >= 15 is 0 Å². The van der Waals surface area contributed by atoms with Crippen LogP contribution in [0.15, 0.2) is 6.20 Å². The third-order valence-electron chi connectivity index (χ3n) is 5.06. The van der Waals surface area contributed by atoms with Crippen molar-refractivity contribution in [2.24, 2.45) is 11.7 Å². The molecule has 2 aliphatic rings. The number of amides is 2. The lowest BCUT2D eigenvalue weighted by molar-refractivity contribution is -0.133. The molecular formula is C16H24FN5O2. The van der Waals surface area contributed by atoms with Gasteiger partial charge in [-0.15, -0.1) is 5.10 Å². The fraction of sp³-hybridized carbons (Fsp3) is 0.750. The van der Waals surface area contributed by atoms with Crippen molar-refractivity contribution in [1.82, 2.24) is 19.9 Å². The van der Waals surface area contributed by atoms with Crippen LogP contribution < -0.4 is 5.73 Å². The topological polar surface area (TPSA) is 94.1 Å². The van der Waals surface area contributed by atoms with E-state index in [9.17, 15) is 14.0 Å². The van der Waals surface area contributed by atoms with Gasteiger partial charge in [0.2, 0.25) is 5.91 Å². The van der Waals surface area contributed by atoms with Crippen molar-refractivity contribution in [2.45, 2.75) is 63.7 Å². The number of rotatable bonds is 5. The molecule has 24 heavy (non-hydrogen) atoms. The van der Waals surface area contributed by atoms with Crippen LogP contribution in [0, 0.1) is 5.92 Å². The maximum Gasteiger partial charge on any atom is 0.270 e. The Hall–Kier alpha value is -1.99. The molecule has 0 bridgehead atoms. The van der Waals surface area contributed by atoms with Crippen molar-refractivity contribution in [3.05, 3.63) is 11.9 Å². The lowest BCUT2D eigenvalue weighted by Gasteiger charge is -2.27. The quantitative estimate of drug-likeness (QED) is 0.876. The largest absolute Gasteiger partial charge is 0.364 e. The molecule has 2 N–H and O–H groups in total. The van der Waals surface area contributed by atoms with Gasteiger partial charge in [-0.3, -0.25) is 9.59 Å². The Kier molecular flexibility index (Phi) is 5.11. The number of aromatic nitrogens is 3. The summed E-state index contributed by atoms with van der Waals surface area (Å²) < 4.78 is 15.3. The maximum atomic E-state index is 13.9. The Morgan fingerprint density at radius 2 is 2.04 bits per heavy atom. The molecule has 1 saturated carbocycles. The Labute approximate surface area is 140 Å². The molecule has 1 aromatic rings. The molecule has 2 amide bonds. The van der Waals surface area contributed by atoms with Crippen LogP contribution in [0.2, 0.25) is 0 Å². The molecule has 1 saturated heterocycles. The van der Waals surface area contributed by atoms with Crippen molar-refractivity contribution in [3.63, 3.8) is 0 Å². The van der Waals surface area contributed by atoms with Crippen LogP contribution in [-0.2, 0) is 11.3 Å². The molecule has 3 rings (SSSR count). The highest BCUT2D eigenvalue weighted by atomic mass is 19.1. The maximum absolute atomic E-state index is 13.9. The normalized spacial score (nSPS) is 25.1. The molecular weight excluding hydrogens is 313 g/mol. The van der Waals surface area contributed by atoms with Crippen molar-refractivity contribution < 1.29 is 14.0 Å². The van der Waals surface area contributed by atoms with Gasteiger partial charge in [-0.05, 0) is 18.8 Å².